The average Bonchev–Trinajstić information content (AvgIpc) is 2.35. The summed E-state index contributed by atoms with van der Waals surface area (Å²) in [6.07, 6.45) is 1.21. The largest absolute Gasteiger partial charge is 0.496 e. The van der Waals surface area contributed by atoms with Gasteiger partial charge in [0.05, 0.1) is 7.11 Å². The normalized spacial score (nSPS) is 14.5. The number of ether oxygens (including phenoxy) is 1. The molecule has 0 radical (unpaired) electrons. The highest BCUT2D eigenvalue weighted by molar-refractivity contribution is 5.35. The monoisotopic (exact) mass is 221 g/mol. The van der Waals surface area contributed by atoms with E-state index in [-0.39, 0.29) is 0 Å². The summed E-state index contributed by atoms with van der Waals surface area (Å²) in [6, 6.07) is 8.53. The second-order valence-electron chi connectivity index (χ2n) is 4.39. The van der Waals surface area contributed by atoms with Crippen LogP contribution in [0.15, 0.2) is 24.3 Å². The first-order valence-corrected chi connectivity index (χ1v) is 6.05. The Kier molecular flexibility index (Phi) is 5.33. The van der Waals surface area contributed by atoms with E-state index in [2.05, 4.69) is 38.2 Å². The minimum atomic E-state index is 0.338. The molecule has 1 aromatic rings. The number of hydrogen-bond acceptors (Lipinski definition) is 2. The summed E-state index contributed by atoms with van der Waals surface area (Å²) in [7, 11) is 1.72. The van der Waals surface area contributed by atoms with Crippen LogP contribution in [0.5, 0.6) is 5.75 Å². The third kappa shape index (κ3) is 3.53. The van der Waals surface area contributed by atoms with Gasteiger partial charge < -0.3 is 10.1 Å². The van der Waals surface area contributed by atoms with Gasteiger partial charge in [-0.25, -0.2) is 0 Å². The van der Waals surface area contributed by atoms with Crippen LogP contribution in [0.3, 0.4) is 0 Å². The van der Waals surface area contributed by atoms with E-state index in [0.717, 1.165) is 18.2 Å². The van der Waals surface area contributed by atoms with Crippen molar-refractivity contribution in [3.8, 4) is 5.75 Å². The van der Waals surface area contributed by atoms with Crippen molar-refractivity contribution in [1.82, 2.24) is 5.32 Å². The lowest BCUT2D eigenvalue weighted by Gasteiger charge is -2.19. The van der Waals surface area contributed by atoms with Crippen molar-refractivity contribution in [2.75, 3.05) is 13.7 Å². The third-order valence-electron chi connectivity index (χ3n) is 3.07. The lowest BCUT2D eigenvalue weighted by Crippen LogP contribution is -2.24. The van der Waals surface area contributed by atoms with Gasteiger partial charge in [0.15, 0.2) is 0 Å². The highest BCUT2D eigenvalue weighted by Crippen LogP contribution is 2.24. The Bertz CT molecular complexity index is 311. The Balaban J connectivity index is 2.61. The molecule has 2 nitrogen and oxygen atoms in total. The van der Waals surface area contributed by atoms with E-state index in [4.69, 9.17) is 4.74 Å². The molecule has 0 heterocycles. The van der Waals surface area contributed by atoms with Gasteiger partial charge in [-0.3, -0.25) is 0 Å². The van der Waals surface area contributed by atoms with E-state index < -0.39 is 0 Å². The molecule has 0 aliphatic rings. The highest BCUT2D eigenvalue weighted by atomic mass is 16.5. The lowest BCUT2D eigenvalue weighted by atomic mass is 10.1. The molecule has 0 saturated heterocycles. The summed E-state index contributed by atoms with van der Waals surface area (Å²) in [5, 5.41) is 3.54. The average molecular weight is 221 g/mol. The van der Waals surface area contributed by atoms with Crippen LogP contribution in [0.1, 0.15) is 38.8 Å². The molecule has 2 heteroatoms. The van der Waals surface area contributed by atoms with Gasteiger partial charge in [-0.1, -0.05) is 38.5 Å². The van der Waals surface area contributed by atoms with Crippen molar-refractivity contribution in [2.45, 2.75) is 33.2 Å². The number of nitrogens with one attached hydrogen (secondary N) is 1. The molecule has 90 valence electrons. The Morgan fingerprint density at radius 3 is 2.56 bits per heavy atom. The van der Waals surface area contributed by atoms with E-state index in [1.54, 1.807) is 7.11 Å². The van der Waals surface area contributed by atoms with Gasteiger partial charge in [0.1, 0.15) is 5.75 Å². The van der Waals surface area contributed by atoms with Crippen LogP contribution < -0.4 is 10.1 Å². The fourth-order valence-corrected chi connectivity index (χ4v) is 1.66. The number of para-hydroxylation sites is 1. The first-order chi connectivity index (χ1) is 7.69. The fourth-order valence-electron chi connectivity index (χ4n) is 1.66. The smallest absolute Gasteiger partial charge is 0.123 e. The van der Waals surface area contributed by atoms with Crippen molar-refractivity contribution in [2.24, 2.45) is 5.92 Å². The standard InChI is InChI=1S/C14H23NO/c1-5-11(2)10-15-12(3)13-8-6-7-9-14(13)16-4/h6-9,11-12,15H,5,10H2,1-4H3/t11?,12-/m1/s1. The molecule has 16 heavy (non-hydrogen) atoms. The van der Waals surface area contributed by atoms with Crippen LogP contribution in [0.2, 0.25) is 0 Å². The Labute approximate surface area is 99.0 Å². The first kappa shape index (κ1) is 13.0. The zero-order valence-electron chi connectivity index (χ0n) is 10.8. The van der Waals surface area contributed by atoms with Crippen LogP contribution in [-0.4, -0.2) is 13.7 Å². The van der Waals surface area contributed by atoms with Crippen molar-refractivity contribution >= 4 is 0 Å². The van der Waals surface area contributed by atoms with Crippen molar-refractivity contribution in [3.63, 3.8) is 0 Å². The molecule has 0 bridgehead atoms. The second kappa shape index (κ2) is 6.54. The summed E-state index contributed by atoms with van der Waals surface area (Å²) < 4.78 is 5.36. The maximum absolute atomic E-state index is 5.36. The zero-order valence-corrected chi connectivity index (χ0v) is 10.8. The molecule has 1 unspecified atom stereocenters. The molecule has 1 rings (SSSR count). The molecule has 0 aliphatic carbocycles. The summed E-state index contributed by atoms with van der Waals surface area (Å²) in [4.78, 5) is 0. The highest BCUT2D eigenvalue weighted by Gasteiger charge is 2.10. The van der Waals surface area contributed by atoms with Crippen molar-refractivity contribution in [1.29, 1.82) is 0 Å². The number of methoxy groups -OCH3 is 1. The second-order valence-corrected chi connectivity index (χ2v) is 4.39. The molecule has 0 spiro atoms. The maximum Gasteiger partial charge on any atom is 0.123 e. The molecule has 0 saturated carbocycles. The van der Waals surface area contributed by atoms with Gasteiger partial charge in [-0.05, 0) is 25.5 Å². The molecule has 1 N–H and O–H groups in total. The predicted molar refractivity (Wildman–Crippen MR) is 68.9 cm³/mol. The van der Waals surface area contributed by atoms with Crippen LogP contribution in [0.25, 0.3) is 0 Å². The molecule has 0 aromatic heterocycles. The van der Waals surface area contributed by atoms with Crippen LogP contribution in [0.4, 0.5) is 0 Å². The van der Waals surface area contributed by atoms with Gasteiger partial charge in [-0.2, -0.15) is 0 Å². The van der Waals surface area contributed by atoms with Gasteiger partial charge in [-0.15, -0.1) is 0 Å². The topological polar surface area (TPSA) is 21.3 Å². The molecule has 2 atom stereocenters. The molecular formula is C14H23NO. The number of hydrogen-bond donors (Lipinski definition) is 1. The molecule has 0 aliphatic heterocycles. The Morgan fingerprint density at radius 1 is 1.25 bits per heavy atom. The summed E-state index contributed by atoms with van der Waals surface area (Å²) in [5.74, 6) is 1.68. The van der Waals surface area contributed by atoms with Gasteiger partial charge in [0.2, 0.25) is 0 Å². The minimum Gasteiger partial charge on any atom is -0.496 e. The third-order valence-corrected chi connectivity index (χ3v) is 3.07. The molecule has 0 fully saturated rings. The van der Waals surface area contributed by atoms with Gasteiger partial charge in [0.25, 0.3) is 0 Å². The SMILES string of the molecule is CCC(C)CN[C@H](C)c1ccccc1OC. The minimum absolute atomic E-state index is 0.338. The zero-order chi connectivity index (χ0) is 12.0. The molecular weight excluding hydrogens is 198 g/mol. The van der Waals surface area contributed by atoms with Crippen LogP contribution in [0, 0.1) is 5.92 Å². The van der Waals surface area contributed by atoms with E-state index in [0.29, 0.717) is 6.04 Å². The Morgan fingerprint density at radius 2 is 1.94 bits per heavy atom. The fraction of sp³-hybridized carbons (Fsp3) is 0.571. The Hall–Kier alpha value is -1.02. The lowest BCUT2D eigenvalue weighted by molar-refractivity contribution is 0.396. The summed E-state index contributed by atoms with van der Waals surface area (Å²) in [6.45, 7) is 7.72. The van der Waals surface area contributed by atoms with Crippen molar-refractivity contribution < 1.29 is 4.74 Å². The maximum atomic E-state index is 5.36. The quantitative estimate of drug-likeness (QED) is 0.795. The van der Waals surface area contributed by atoms with Gasteiger partial charge >= 0.3 is 0 Å². The summed E-state index contributed by atoms with van der Waals surface area (Å²) >= 11 is 0. The molecule has 0 amide bonds. The molecule has 1 aromatic carbocycles. The van der Waals surface area contributed by atoms with Gasteiger partial charge in [0, 0.05) is 11.6 Å². The van der Waals surface area contributed by atoms with Crippen molar-refractivity contribution in [3.05, 3.63) is 29.8 Å². The number of rotatable bonds is 6. The first-order valence-electron chi connectivity index (χ1n) is 6.05. The van der Waals surface area contributed by atoms with E-state index in [9.17, 15) is 0 Å². The van der Waals surface area contributed by atoms with Crippen LogP contribution in [-0.2, 0) is 0 Å². The number of benzene rings is 1. The van der Waals surface area contributed by atoms with E-state index in [1.165, 1.54) is 12.0 Å². The summed E-state index contributed by atoms with van der Waals surface area (Å²) in [5.41, 5.74) is 1.23. The van der Waals surface area contributed by atoms with Crippen LogP contribution >= 0.6 is 0 Å². The van der Waals surface area contributed by atoms with E-state index in [1.807, 2.05) is 12.1 Å². The predicted octanol–water partition coefficient (Wildman–Crippen LogP) is 3.39. The van der Waals surface area contributed by atoms with E-state index >= 15 is 0 Å².